The molecule has 20 heavy (non-hydrogen) atoms. The van der Waals surface area contributed by atoms with Crippen LogP contribution in [-0.2, 0) is 11.3 Å². The standard InChI is InChI=1S/C15H23FN2O2/c1-10(2)17-8-12-5-6-14(13(16)7-12)20-9-15(19)18-11(3)4/h5-7,10-11,17H,8-9H2,1-4H3,(H,18,19). The minimum atomic E-state index is -0.453. The summed E-state index contributed by atoms with van der Waals surface area (Å²) in [5.74, 6) is -0.618. The molecule has 1 aromatic carbocycles. The number of ether oxygens (including phenoxy) is 1. The van der Waals surface area contributed by atoms with Gasteiger partial charge in [-0.25, -0.2) is 4.39 Å². The lowest BCUT2D eigenvalue weighted by Crippen LogP contribution is -2.34. The zero-order chi connectivity index (χ0) is 15.1. The van der Waals surface area contributed by atoms with Crippen molar-refractivity contribution in [1.82, 2.24) is 10.6 Å². The summed E-state index contributed by atoms with van der Waals surface area (Å²) in [6, 6.07) is 5.14. The van der Waals surface area contributed by atoms with Crippen LogP contribution in [0.2, 0.25) is 0 Å². The van der Waals surface area contributed by atoms with E-state index in [2.05, 4.69) is 10.6 Å². The number of hydrogen-bond acceptors (Lipinski definition) is 3. The molecule has 2 N–H and O–H groups in total. The molecular weight excluding hydrogens is 259 g/mol. The zero-order valence-electron chi connectivity index (χ0n) is 12.5. The molecule has 0 bridgehead atoms. The minimum absolute atomic E-state index is 0.0421. The Kier molecular flexibility index (Phi) is 6.45. The molecule has 0 atom stereocenters. The van der Waals surface area contributed by atoms with Crippen LogP contribution < -0.4 is 15.4 Å². The van der Waals surface area contributed by atoms with Crippen LogP contribution in [0.15, 0.2) is 18.2 Å². The molecule has 0 spiro atoms. The topological polar surface area (TPSA) is 50.4 Å². The molecule has 0 fully saturated rings. The zero-order valence-corrected chi connectivity index (χ0v) is 12.5. The molecular formula is C15H23FN2O2. The van der Waals surface area contributed by atoms with Crippen LogP contribution in [0.25, 0.3) is 0 Å². The lowest BCUT2D eigenvalue weighted by molar-refractivity contribution is -0.123. The van der Waals surface area contributed by atoms with Crippen LogP contribution in [0.1, 0.15) is 33.3 Å². The fraction of sp³-hybridized carbons (Fsp3) is 0.533. The Hall–Kier alpha value is -1.62. The van der Waals surface area contributed by atoms with Crippen LogP contribution in [0.3, 0.4) is 0 Å². The molecule has 5 heteroatoms. The Morgan fingerprint density at radius 3 is 2.50 bits per heavy atom. The largest absolute Gasteiger partial charge is 0.481 e. The van der Waals surface area contributed by atoms with E-state index in [0.29, 0.717) is 12.6 Å². The van der Waals surface area contributed by atoms with Crippen LogP contribution in [0.4, 0.5) is 4.39 Å². The van der Waals surface area contributed by atoms with E-state index < -0.39 is 5.82 Å². The number of nitrogens with one attached hydrogen (secondary N) is 2. The second-order valence-electron chi connectivity index (χ2n) is 5.31. The normalized spacial score (nSPS) is 10.9. The Morgan fingerprint density at radius 1 is 1.25 bits per heavy atom. The second kappa shape index (κ2) is 7.85. The van der Waals surface area contributed by atoms with Gasteiger partial charge in [0.25, 0.3) is 5.91 Å². The van der Waals surface area contributed by atoms with Gasteiger partial charge in [-0.15, -0.1) is 0 Å². The molecule has 0 unspecified atom stereocenters. The third-order valence-electron chi connectivity index (χ3n) is 2.52. The molecule has 0 aliphatic heterocycles. The van der Waals surface area contributed by atoms with Crippen molar-refractivity contribution in [2.45, 2.75) is 46.3 Å². The van der Waals surface area contributed by atoms with Gasteiger partial charge in [0.1, 0.15) is 0 Å². The Bertz CT molecular complexity index is 447. The number of carbonyl (C=O) groups is 1. The van der Waals surface area contributed by atoms with Crippen molar-refractivity contribution in [3.05, 3.63) is 29.6 Å². The predicted octanol–water partition coefficient (Wildman–Crippen LogP) is 2.23. The number of rotatable bonds is 7. The third kappa shape index (κ3) is 6.02. The van der Waals surface area contributed by atoms with Crippen molar-refractivity contribution >= 4 is 5.91 Å². The van der Waals surface area contributed by atoms with Gasteiger partial charge < -0.3 is 15.4 Å². The maximum atomic E-state index is 13.8. The number of amides is 1. The highest BCUT2D eigenvalue weighted by Crippen LogP contribution is 2.18. The first-order chi connectivity index (χ1) is 9.38. The molecule has 1 amide bonds. The van der Waals surface area contributed by atoms with E-state index in [-0.39, 0.29) is 24.3 Å². The predicted molar refractivity (Wildman–Crippen MR) is 77.1 cm³/mol. The maximum Gasteiger partial charge on any atom is 0.258 e. The Balaban J connectivity index is 2.53. The molecule has 4 nitrogen and oxygen atoms in total. The molecule has 0 radical (unpaired) electrons. The van der Waals surface area contributed by atoms with Crippen molar-refractivity contribution in [3.63, 3.8) is 0 Å². The van der Waals surface area contributed by atoms with Gasteiger partial charge >= 0.3 is 0 Å². The molecule has 0 aliphatic carbocycles. The van der Waals surface area contributed by atoms with Gasteiger partial charge in [0.2, 0.25) is 0 Å². The summed E-state index contributed by atoms with van der Waals surface area (Å²) in [7, 11) is 0. The highest BCUT2D eigenvalue weighted by molar-refractivity contribution is 5.77. The highest BCUT2D eigenvalue weighted by Gasteiger charge is 2.08. The monoisotopic (exact) mass is 282 g/mol. The summed E-state index contributed by atoms with van der Waals surface area (Å²) in [6.07, 6.45) is 0. The van der Waals surface area contributed by atoms with Crippen LogP contribution in [0.5, 0.6) is 5.75 Å². The van der Waals surface area contributed by atoms with Gasteiger partial charge in [0.15, 0.2) is 18.2 Å². The fourth-order valence-electron chi connectivity index (χ4n) is 1.60. The van der Waals surface area contributed by atoms with Gasteiger partial charge in [-0.05, 0) is 31.5 Å². The van der Waals surface area contributed by atoms with Crippen molar-refractivity contribution in [1.29, 1.82) is 0 Å². The lowest BCUT2D eigenvalue weighted by Gasteiger charge is -2.12. The number of carbonyl (C=O) groups excluding carboxylic acids is 1. The van der Waals surface area contributed by atoms with E-state index in [1.54, 1.807) is 12.1 Å². The molecule has 1 rings (SSSR count). The van der Waals surface area contributed by atoms with Crippen molar-refractivity contribution in [2.75, 3.05) is 6.61 Å². The van der Waals surface area contributed by atoms with E-state index in [4.69, 9.17) is 4.74 Å². The second-order valence-corrected chi connectivity index (χ2v) is 5.31. The van der Waals surface area contributed by atoms with Crippen LogP contribution in [0, 0.1) is 5.82 Å². The van der Waals surface area contributed by atoms with Gasteiger partial charge in [0, 0.05) is 18.6 Å². The van der Waals surface area contributed by atoms with E-state index >= 15 is 0 Å². The fourth-order valence-corrected chi connectivity index (χ4v) is 1.60. The molecule has 112 valence electrons. The number of benzene rings is 1. The number of halogens is 1. The van der Waals surface area contributed by atoms with E-state index in [9.17, 15) is 9.18 Å². The summed E-state index contributed by atoms with van der Waals surface area (Å²) in [5, 5.41) is 5.89. The summed E-state index contributed by atoms with van der Waals surface area (Å²) >= 11 is 0. The molecule has 1 aromatic rings. The smallest absolute Gasteiger partial charge is 0.258 e. The summed E-state index contributed by atoms with van der Waals surface area (Å²) in [4.78, 5) is 11.4. The summed E-state index contributed by atoms with van der Waals surface area (Å²) in [5.41, 5.74) is 0.843. The van der Waals surface area contributed by atoms with Gasteiger partial charge in [-0.2, -0.15) is 0 Å². The molecule has 0 heterocycles. The lowest BCUT2D eigenvalue weighted by atomic mass is 10.2. The summed E-state index contributed by atoms with van der Waals surface area (Å²) in [6.45, 7) is 8.19. The Labute approximate surface area is 119 Å². The van der Waals surface area contributed by atoms with Crippen molar-refractivity contribution in [2.24, 2.45) is 0 Å². The third-order valence-corrected chi connectivity index (χ3v) is 2.52. The first-order valence-corrected chi connectivity index (χ1v) is 6.82. The van der Waals surface area contributed by atoms with E-state index in [1.165, 1.54) is 6.07 Å². The average molecular weight is 282 g/mol. The first kappa shape index (κ1) is 16.4. The van der Waals surface area contributed by atoms with E-state index in [1.807, 2.05) is 27.7 Å². The van der Waals surface area contributed by atoms with Crippen LogP contribution in [-0.4, -0.2) is 24.6 Å². The molecule has 0 aliphatic rings. The van der Waals surface area contributed by atoms with Crippen molar-refractivity contribution in [3.8, 4) is 5.75 Å². The maximum absolute atomic E-state index is 13.8. The molecule has 0 saturated heterocycles. The van der Waals surface area contributed by atoms with Crippen LogP contribution >= 0.6 is 0 Å². The first-order valence-electron chi connectivity index (χ1n) is 6.82. The Morgan fingerprint density at radius 2 is 1.95 bits per heavy atom. The minimum Gasteiger partial charge on any atom is -0.481 e. The SMILES string of the molecule is CC(C)NCc1ccc(OCC(=O)NC(C)C)c(F)c1. The van der Waals surface area contributed by atoms with Crippen molar-refractivity contribution < 1.29 is 13.9 Å². The van der Waals surface area contributed by atoms with Gasteiger partial charge in [-0.3, -0.25) is 4.79 Å². The average Bonchev–Trinajstić information content (AvgIpc) is 2.34. The van der Waals surface area contributed by atoms with Gasteiger partial charge in [-0.1, -0.05) is 19.9 Å². The number of hydrogen-bond donors (Lipinski definition) is 2. The molecule has 0 aromatic heterocycles. The quantitative estimate of drug-likeness (QED) is 0.806. The molecule has 0 saturated carbocycles. The highest BCUT2D eigenvalue weighted by atomic mass is 19.1. The summed E-state index contributed by atoms with van der Waals surface area (Å²) < 4.78 is 19.0. The van der Waals surface area contributed by atoms with E-state index in [0.717, 1.165) is 5.56 Å². The van der Waals surface area contributed by atoms with Gasteiger partial charge in [0.05, 0.1) is 0 Å².